The molecule has 0 atom stereocenters. The summed E-state index contributed by atoms with van der Waals surface area (Å²) < 4.78 is 1.19. The van der Waals surface area contributed by atoms with E-state index in [9.17, 15) is 4.79 Å². The average molecular weight is 168 g/mol. The van der Waals surface area contributed by atoms with Crippen molar-refractivity contribution in [1.82, 2.24) is 15.3 Å². The fraction of sp³-hybridized carbons (Fsp3) is 0.167. The highest BCUT2D eigenvalue weighted by Gasteiger charge is 2.05. The fourth-order valence-corrected chi connectivity index (χ4v) is 0.772. The average Bonchev–Trinajstić information content (AvgIpc) is 2.55. The summed E-state index contributed by atoms with van der Waals surface area (Å²) in [7, 11) is 1.47. The molecule has 0 aromatic carbocycles. The first-order valence-electron chi connectivity index (χ1n) is 3.20. The third kappa shape index (κ3) is 1.32. The minimum atomic E-state index is 0.0992. The molecule has 0 amide bonds. The molecular weight excluding hydrogens is 160 g/mol. The Hall–Kier alpha value is -1.69. The molecule has 0 aliphatic carbocycles. The smallest absolute Gasteiger partial charge is 0.243 e. The molecule has 0 aliphatic rings. The standard InChI is InChI=1S/C6H8N4O2/c1-7-6(9-12)10-5(4-11)2-3-8-10/h2-4,12H,1H3,(H,7,9). The maximum atomic E-state index is 10.4. The molecule has 2 N–H and O–H groups in total. The van der Waals surface area contributed by atoms with Crippen molar-refractivity contribution in [2.24, 2.45) is 4.99 Å². The molecule has 0 saturated heterocycles. The summed E-state index contributed by atoms with van der Waals surface area (Å²) in [6.07, 6.45) is 2.06. The third-order valence-corrected chi connectivity index (χ3v) is 1.31. The lowest BCUT2D eigenvalue weighted by atomic mass is 10.5. The number of hydroxylamine groups is 1. The zero-order chi connectivity index (χ0) is 8.97. The molecular formula is C6H8N4O2. The Labute approximate surface area is 68.5 Å². The molecule has 0 bridgehead atoms. The van der Waals surface area contributed by atoms with Gasteiger partial charge < -0.3 is 0 Å². The van der Waals surface area contributed by atoms with Crippen LogP contribution in [0.3, 0.4) is 0 Å². The van der Waals surface area contributed by atoms with Crippen LogP contribution in [0.1, 0.15) is 10.5 Å². The van der Waals surface area contributed by atoms with Crippen molar-refractivity contribution in [3.63, 3.8) is 0 Å². The zero-order valence-electron chi connectivity index (χ0n) is 6.43. The van der Waals surface area contributed by atoms with Gasteiger partial charge in [-0.05, 0) is 6.07 Å². The maximum absolute atomic E-state index is 10.4. The lowest BCUT2D eigenvalue weighted by molar-refractivity contribution is 0.111. The van der Waals surface area contributed by atoms with Gasteiger partial charge >= 0.3 is 0 Å². The van der Waals surface area contributed by atoms with E-state index in [0.29, 0.717) is 12.0 Å². The number of aliphatic imine (C=N–C) groups is 1. The second-order valence-corrected chi connectivity index (χ2v) is 1.94. The normalized spacial score (nSPS) is 11.3. The summed E-state index contributed by atoms with van der Waals surface area (Å²) in [4.78, 5) is 14.1. The number of hydrogen-bond donors (Lipinski definition) is 2. The van der Waals surface area contributed by atoms with Gasteiger partial charge in [-0.3, -0.25) is 15.0 Å². The van der Waals surface area contributed by atoms with E-state index < -0.39 is 0 Å². The lowest BCUT2D eigenvalue weighted by Gasteiger charge is -2.03. The van der Waals surface area contributed by atoms with Gasteiger partial charge in [-0.2, -0.15) is 9.78 Å². The van der Waals surface area contributed by atoms with Crippen molar-refractivity contribution in [3.05, 3.63) is 18.0 Å². The largest absolute Gasteiger partial charge is 0.296 e. The summed E-state index contributed by atoms with van der Waals surface area (Å²) >= 11 is 0. The number of nitrogens with one attached hydrogen (secondary N) is 1. The molecule has 0 spiro atoms. The van der Waals surface area contributed by atoms with Gasteiger partial charge in [0, 0.05) is 7.05 Å². The van der Waals surface area contributed by atoms with Crippen LogP contribution >= 0.6 is 0 Å². The minimum Gasteiger partial charge on any atom is -0.296 e. The van der Waals surface area contributed by atoms with Gasteiger partial charge in [0.1, 0.15) is 5.69 Å². The van der Waals surface area contributed by atoms with Crippen LogP contribution in [0, 0.1) is 0 Å². The highest BCUT2D eigenvalue weighted by Crippen LogP contribution is 1.93. The van der Waals surface area contributed by atoms with Gasteiger partial charge in [0.25, 0.3) is 0 Å². The van der Waals surface area contributed by atoms with Crippen LogP contribution in [0.15, 0.2) is 17.3 Å². The number of carbonyl (C=O) groups is 1. The molecule has 64 valence electrons. The van der Waals surface area contributed by atoms with Gasteiger partial charge in [-0.1, -0.05) is 0 Å². The van der Waals surface area contributed by atoms with E-state index in [-0.39, 0.29) is 5.96 Å². The van der Waals surface area contributed by atoms with E-state index in [4.69, 9.17) is 5.21 Å². The Morgan fingerprint density at radius 2 is 2.67 bits per heavy atom. The molecule has 0 unspecified atom stereocenters. The molecule has 0 aliphatic heterocycles. The number of nitrogens with zero attached hydrogens (tertiary/aromatic N) is 3. The minimum absolute atomic E-state index is 0.0992. The lowest BCUT2D eigenvalue weighted by Crippen LogP contribution is -2.29. The fourth-order valence-electron chi connectivity index (χ4n) is 0.772. The highest BCUT2D eigenvalue weighted by molar-refractivity contribution is 5.86. The van der Waals surface area contributed by atoms with Crippen molar-refractivity contribution >= 4 is 12.2 Å². The molecule has 1 rings (SSSR count). The third-order valence-electron chi connectivity index (χ3n) is 1.31. The Balaban J connectivity index is 3.08. The molecule has 1 heterocycles. The van der Waals surface area contributed by atoms with E-state index >= 15 is 0 Å². The first-order chi connectivity index (χ1) is 5.83. The van der Waals surface area contributed by atoms with E-state index in [1.54, 1.807) is 0 Å². The summed E-state index contributed by atoms with van der Waals surface area (Å²) in [6, 6.07) is 1.51. The summed E-state index contributed by atoms with van der Waals surface area (Å²) in [5.41, 5.74) is 2.14. The highest BCUT2D eigenvalue weighted by atomic mass is 16.5. The molecule has 6 heteroatoms. The molecule has 6 nitrogen and oxygen atoms in total. The van der Waals surface area contributed by atoms with Crippen molar-refractivity contribution in [1.29, 1.82) is 0 Å². The number of carbonyl (C=O) groups excluding carboxylic acids is 1. The number of aldehydes is 1. The van der Waals surface area contributed by atoms with Gasteiger partial charge in [0.05, 0.1) is 6.20 Å². The van der Waals surface area contributed by atoms with E-state index in [1.165, 1.54) is 24.0 Å². The van der Waals surface area contributed by atoms with Crippen LogP contribution in [-0.4, -0.2) is 34.3 Å². The van der Waals surface area contributed by atoms with Gasteiger partial charge in [-0.15, -0.1) is 0 Å². The van der Waals surface area contributed by atoms with Crippen molar-refractivity contribution in [3.8, 4) is 0 Å². The SMILES string of the molecule is CN=C(NO)n1nccc1C=O. The Bertz CT molecular complexity index is 304. The topological polar surface area (TPSA) is 79.5 Å². The van der Waals surface area contributed by atoms with Crippen molar-refractivity contribution in [2.75, 3.05) is 7.05 Å². The van der Waals surface area contributed by atoms with E-state index in [1.807, 2.05) is 5.48 Å². The maximum Gasteiger partial charge on any atom is 0.243 e. The number of hydrogen-bond acceptors (Lipinski definition) is 4. The summed E-state index contributed by atoms with van der Waals surface area (Å²) in [5.74, 6) is 0.0992. The Morgan fingerprint density at radius 1 is 1.92 bits per heavy atom. The second-order valence-electron chi connectivity index (χ2n) is 1.94. The molecule has 0 radical (unpaired) electrons. The number of rotatable bonds is 1. The zero-order valence-corrected chi connectivity index (χ0v) is 6.43. The molecule has 1 aromatic heterocycles. The predicted molar refractivity (Wildman–Crippen MR) is 41.3 cm³/mol. The van der Waals surface area contributed by atoms with Crippen molar-refractivity contribution < 1.29 is 10.0 Å². The van der Waals surface area contributed by atoms with Crippen LogP contribution in [0.25, 0.3) is 0 Å². The Morgan fingerprint density at radius 3 is 3.17 bits per heavy atom. The van der Waals surface area contributed by atoms with Gasteiger partial charge in [0.2, 0.25) is 5.96 Å². The van der Waals surface area contributed by atoms with Crippen LogP contribution in [0.2, 0.25) is 0 Å². The van der Waals surface area contributed by atoms with E-state index in [2.05, 4.69) is 10.1 Å². The summed E-state index contributed by atoms with van der Waals surface area (Å²) in [5, 5.41) is 12.3. The van der Waals surface area contributed by atoms with Crippen LogP contribution in [0.4, 0.5) is 0 Å². The molecule has 12 heavy (non-hydrogen) atoms. The van der Waals surface area contributed by atoms with Crippen molar-refractivity contribution in [2.45, 2.75) is 0 Å². The molecule has 0 fully saturated rings. The second kappa shape index (κ2) is 3.63. The van der Waals surface area contributed by atoms with Gasteiger partial charge in [0.15, 0.2) is 6.29 Å². The first kappa shape index (κ1) is 8.41. The molecule has 0 saturated carbocycles. The van der Waals surface area contributed by atoms with E-state index in [0.717, 1.165) is 0 Å². The van der Waals surface area contributed by atoms with Gasteiger partial charge in [-0.25, -0.2) is 5.48 Å². The molecule has 1 aromatic rings. The van der Waals surface area contributed by atoms with Crippen LogP contribution in [-0.2, 0) is 0 Å². The quantitative estimate of drug-likeness (QED) is 0.256. The number of aromatic nitrogens is 2. The first-order valence-corrected chi connectivity index (χ1v) is 3.20. The summed E-state index contributed by atoms with van der Waals surface area (Å²) in [6.45, 7) is 0. The Kier molecular flexibility index (Phi) is 2.54. The monoisotopic (exact) mass is 168 g/mol. The van der Waals surface area contributed by atoms with Crippen LogP contribution < -0.4 is 5.48 Å². The predicted octanol–water partition coefficient (Wildman–Crippen LogP) is -0.492. The van der Waals surface area contributed by atoms with Crippen LogP contribution in [0.5, 0.6) is 0 Å².